The van der Waals surface area contributed by atoms with Gasteiger partial charge in [-0.25, -0.2) is 0 Å². The van der Waals surface area contributed by atoms with Crippen LogP contribution in [-0.4, -0.2) is 23.2 Å². The fourth-order valence-corrected chi connectivity index (χ4v) is 1.87. The number of amides is 1. The SMILES string of the molecule is CCCC(C)(O)CNC(=O)Cc1cccc(N)c1. The standard InChI is InChI=1S/C14H22N2O2/c1-3-7-14(2,18)10-16-13(17)9-11-5-4-6-12(15)8-11/h4-6,8,18H,3,7,9-10,15H2,1-2H3,(H,16,17). The lowest BCUT2D eigenvalue weighted by molar-refractivity contribution is -0.121. The Kier molecular flexibility index (Phi) is 5.16. The van der Waals surface area contributed by atoms with Crippen LogP contribution < -0.4 is 11.1 Å². The number of rotatable bonds is 6. The van der Waals surface area contributed by atoms with E-state index in [4.69, 9.17) is 5.73 Å². The first-order chi connectivity index (χ1) is 8.43. The normalized spacial score (nSPS) is 13.9. The van der Waals surface area contributed by atoms with Crippen LogP contribution in [0.15, 0.2) is 24.3 Å². The van der Waals surface area contributed by atoms with Crippen molar-refractivity contribution in [2.24, 2.45) is 0 Å². The third-order valence-electron chi connectivity index (χ3n) is 2.77. The second-order valence-electron chi connectivity index (χ2n) is 4.95. The number of nitrogens with one attached hydrogen (secondary N) is 1. The Morgan fingerprint density at radius 1 is 1.50 bits per heavy atom. The van der Waals surface area contributed by atoms with Crippen LogP contribution in [0.2, 0.25) is 0 Å². The molecule has 4 heteroatoms. The molecule has 100 valence electrons. The van der Waals surface area contributed by atoms with Gasteiger partial charge in [-0.1, -0.05) is 25.5 Å². The average Bonchev–Trinajstić information content (AvgIpc) is 2.26. The maximum atomic E-state index is 11.7. The summed E-state index contributed by atoms with van der Waals surface area (Å²) in [6, 6.07) is 7.25. The number of nitrogen functional groups attached to an aromatic ring is 1. The minimum atomic E-state index is -0.833. The van der Waals surface area contributed by atoms with Gasteiger partial charge < -0.3 is 16.2 Å². The molecule has 18 heavy (non-hydrogen) atoms. The summed E-state index contributed by atoms with van der Waals surface area (Å²) in [5.74, 6) is -0.100. The van der Waals surface area contributed by atoms with E-state index in [9.17, 15) is 9.90 Å². The van der Waals surface area contributed by atoms with Crippen molar-refractivity contribution < 1.29 is 9.90 Å². The van der Waals surface area contributed by atoms with Gasteiger partial charge in [0, 0.05) is 12.2 Å². The molecule has 0 aliphatic rings. The van der Waals surface area contributed by atoms with Crippen molar-refractivity contribution in [3.8, 4) is 0 Å². The van der Waals surface area contributed by atoms with E-state index in [-0.39, 0.29) is 18.9 Å². The highest BCUT2D eigenvalue weighted by molar-refractivity contribution is 5.78. The minimum Gasteiger partial charge on any atom is -0.399 e. The van der Waals surface area contributed by atoms with E-state index < -0.39 is 5.60 Å². The van der Waals surface area contributed by atoms with E-state index in [1.807, 2.05) is 19.1 Å². The predicted octanol–water partition coefficient (Wildman–Crippen LogP) is 1.48. The number of hydrogen-bond donors (Lipinski definition) is 3. The lowest BCUT2D eigenvalue weighted by atomic mass is 10.0. The van der Waals surface area contributed by atoms with Crippen LogP contribution in [0.1, 0.15) is 32.3 Å². The molecular weight excluding hydrogens is 228 g/mol. The number of hydrogen-bond acceptors (Lipinski definition) is 3. The first kappa shape index (κ1) is 14.5. The third kappa shape index (κ3) is 5.19. The number of benzene rings is 1. The Balaban J connectivity index is 2.43. The molecule has 0 bridgehead atoms. The number of carbonyl (C=O) groups is 1. The van der Waals surface area contributed by atoms with E-state index in [1.54, 1.807) is 19.1 Å². The van der Waals surface area contributed by atoms with Gasteiger partial charge in [0.25, 0.3) is 0 Å². The van der Waals surface area contributed by atoms with Crippen LogP contribution in [0, 0.1) is 0 Å². The number of carbonyl (C=O) groups excluding carboxylic acids is 1. The minimum absolute atomic E-state index is 0.100. The van der Waals surface area contributed by atoms with Gasteiger partial charge in [0.1, 0.15) is 0 Å². The molecule has 0 saturated heterocycles. The molecule has 1 atom stereocenters. The largest absolute Gasteiger partial charge is 0.399 e. The van der Waals surface area contributed by atoms with Crippen molar-refractivity contribution in [2.45, 2.75) is 38.7 Å². The van der Waals surface area contributed by atoms with Crippen LogP contribution in [0.4, 0.5) is 5.69 Å². The van der Waals surface area contributed by atoms with E-state index in [2.05, 4.69) is 5.32 Å². The molecule has 1 aromatic rings. The van der Waals surface area contributed by atoms with Crippen LogP contribution in [-0.2, 0) is 11.2 Å². The van der Waals surface area contributed by atoms with Gasteiger partial charge in [0.15, 0.2) is 0 Å². The summed E-state index contributed by atoms with van der Waals surface area (Å²) < 4.78 is 0. The predicted molar refractivity (Wildman–Crippen MR) is 73.1 cm³/mol. The van der Waals surface area contributed by atoms with Crippen molar-refractivity contribution in [1.29, 1.82) is 0 Å². The average molecular weight is 250 g/mol. The Morgan fingerprint density at radius 2 is 2.22 bits per heavy atom. The quantitative estimate of drug-likeness (QED) is 0.669. The zero-order chi connectivity index (χ0) is 13.6. The Bertz CT molecular complexity index is 403. The van der Waals surface area contributed by atoms with E-state index >= 15 is 0 Å². The first-order valence-electron chi connectivity index (χ1n) is 6.26. The van der Waals surface area contributed by atoms with Gasteiger partial charge >= 0.3 is 0 Å². The molecule has 0 spiro atoms. The van der Waals surface area contributed by atoms with Gasteiger partial charge in [-0.15, -0.1) is 0 Å². The van der Waals surface area contributed by atoms with Gasteiger partial charge in [0.2, 0.25) is 5.91 Å². The van der Waals surface area contributed by atoms with Crippen molar-refractivity contribution >= 4 is 11.6 Å². The molecule has 0 heterocycles. The van der Waals surface area contributed by atoms with Crippen LogP contribution >= 0.6 is 0 Å². The summed E-state index contributed by atoms with van der Waals surface area (Å²) in [6.45, 7) is 4.02. The molecule has 4 nitrogen and oxygen atoms in total. The second kappa shape index (κ2) is 6.40. The number of anilines is 1. The lowest BCUT2D eigenvalue weighted by Gasteiger charge is -2.22. The lowest BCUT2D eigenvalue weighted by Crippen LogP contribution is -2.41. The Hall–Kier alpha value is -1.55. The van der Waals surface area contributed by atoms with Gasteiger partial charge in [-0.2, -0.15) is 0 Å². The summed E-state index contributed by atoms with van der Waals surface area (Å²) >= 11 is 0. The van der Waals surface area contributed by atoms with Gasteiger partial charge in [-0.05, 0) is 31.0 Å². The smallest absolute Gasteiger partial charge is 0.224 e. The Morgan fingerprint density at radius 3 is 2.83 bits per heavy atom. The third-order valence-corrected chi connectivity index (χ3v) is 2.77. The van der Waals surface area contributed by atoms with E-state index in [0.29, 0.717) is 12.1 Å². The molecule has 0 radical (unpaired) electrons. The van der Waals surface area contributed by atoms with Gasteiger partial charge in [0.05, 0.1) is 12.0 Å². The van der Waals surface area contributed by atoms with Crippen molar-refractivity contribution in [2.75, 3.05) is 12.3 Å². The zero-order valence-electron chi connectivity index (χ0n) is 11.1. The van der Waals surface area contributed by atoms with Crippen molar-refractivity contribution in [3.05, 3.63) is 29.8 Å². The Labute approximate surface area is 108 Å². The molecule has 1 amide bonds. The topological polar surface area (TPSA) is 75.3 Å². The van der Waals surface area contributed by atoms with Crippen LogP contribution in [0.5, 0.6) is 0 Å². The number of nitrogens with two attached hydrogens (primary N) is 1. The molecule has 4 N–H and O–H groups in total. The van der Waals surface area contributed by atoms with E-state index in [0.717, 1.165) is 12.0 Å². The van der Waals surface area contributed by atoms with Crippen molar-refractivity contribution in [1.82, 2.24) is 5.32 Å². The fraction of sp³-hybridized carbons (Fsp3) is 0.500. The van der Waals surface area contributed by atoms with E-state index in [1.165, 1.54) is 0 Å². The maximum Gasteiger partial charge on any atom is 0.224 e. The second-order valence-corrected chi connectivity index (χ2v) is 4.95. The fourth-order valence-electron chi connectivity index (χ4n) is 1.87. The highest BCUT2D eigenvalue weighted by Gasteiger charge is 2.19. The summed E-state index contributed by atoms with van der Waals surface area (Å²) in [4.78, 5) is 11.7. The molecular formula is C14H22N2O2. The monoisotopic (exact) mass is 250 g/mol. The molecule has 1 rings (SSSR count). The van der Waals surface area contributed by atoms with Crippen molar-refractivity contribution in [3.63, 3.8) is 0 Å². The molecule has 0 fully saturated rings. The molecule has 1 unspecified atom stereocenters. The highest BCUT2D eigenvalue weighted by atomic mass is 16.3. The molecule has 0 aromatic heterocycles. The molecule has 0 saturated carbocycles. The zero-order valence-corrected chi connectivity index (χ0v) is 11.1. The summed E-state index contributed by atoms with van der Waals surface area (Å²) in [7, 11) is 0. The molecule has 0 aliphatic carbocycles. The molecule has 0 aliphatic heterocycles. The highest BCUT2D eigenvalue weighted by Crippen LogP contribution is 2.10. The summed E-state index contributed by atoms with van der Waals surface area (Å²) in [5, 5.41) is 12.7. The van der Waals surface area contributed by atoms with Crippen LogP contribution in [0.3, 0.4) is 0 Å². The van der Waals surface area contributed by atoms with Crippen LogP contribution in [0.25, 0.3) is 0 Å². The first-order valence-corrected chi connectivity index (χ1v) is 6.26. The summed E-state index contributed by atoms with van der Waals surface area (Å²) in [5.41, 5.74) is 6.34. The van der Waals surface area contributed by atoms with Gasteiger partial charge in [-0.3, -0.25) is 4.79 Å². The maximum absolute atomic E-state index is 11.7. The number of aliphatic hydroxyl groups is 1. The molecule has 1 aromatic carbocycles. The summed E-state index contributed by atoms with van der Waals surface area (Å²) in [6.07, 6.45) is 1.84.